The summed E-state index contributed by atoms with van der Waals surface area (Å²) < 4.78 is 28.4. The first-order valence-corrected chi connectivity index (χ1v) is 9.63. The monoisotopic (exact) mass is 340 g/mol. The molecule has 0 saturated carbocycles. The molecular formula is C16H24N2O4S. The Morgan fingerprint density at radius 3 is 2.61 bits per heavy atom. The number of sulfone groups is 1. The largest absolute Gasteiger partial charge is 0.493 e. The average Bonchev–Trinajstić information content (AvgIpc) is 2.80. The normalized spacial score (nSPS) is 19.3. The third-order valence-electron chi connectivity index (χ3n) is 3.83. The van der Waals surface area contributed by atoms with Gasteiger partial charge in [-0.2, -0.15) is 0 Å². The van der Waals surface area contributed by atoms with Gasteiger partial charge in [-0.05, 0) is 37.8 Å². The minimum Gasteiger partial charge on any atom is -0.493 e. The molecule has 0 spiro atoms. The lowest BCUT2D eigenvalue weighted by molar-refractivity contribution is 0.236. The van der Waals surface area contributed by atoms with E-state index in [4.69, 9.17) is 4.74 Å². The van der Waals surface area contributed by atoms with Gasteiger partial charge < -0.3 is 15.4 Å². The fourth-order valence-corrected chi connectivity index (χ4v) is 4.29. The highest BCUT2D eigenvalue weighted by molar-refractivity contribution is 7.91. The highest BCUT2D eigenvalue weighted by Crippen LogP contribution is 2.22. The minimum absolute atomic E-state index is 0.0378. The van der Waals surface area contributed by atoms with E-state index in [1.165, 1.54) is 0 Å². The molecule has 0 bridgehead atoms. The lowest BCUT2D eigenvalue weighted by atomic mass is 10.1. The number of carbonyl (C=O) groups excluding carboxylic acids is 1. The molecule has 1 unspecified atom stereocenters. The summed E-state index contributed by atoms with van der Waals surface area (Å²) in [5.74, 6) is 1.09. The Kier molecular flexibility index (Phi) is 5.87. The molecule has 23 heavy (non-hydrogen) atoms. The van der Waals surface area contributed by atoms with E-state index in [2.05, 4.69) is 10.6 Å². The van der Waals surface area contributed by atoms with Gasteiger partial charge in [0.25, 0.3) is 0 Å². The van der Waals surface area contributed by atoms with Gasteiger partial charge in [0.2, 0.25) is 0 Å². The standard InChI is InChI=1S/C16H24N2O4S/c1-12-5-3-6-13(2)15(12)22-9-4-8-17-16(19)18-14-7-10-23(20,21)11-14/h3,5-6,14H,4,7-11H2,1-2H3,(H2,17,18,19). The number of ether oxygens (including phenoxy) is 1. The van der Waals surface area contributed by atoms with E-state index in [9.17, 15) is 13.2 Å². The predicted molar refractivity (Wildman–Crippen MR) is 89.6 cm³/mol. The molecule has 0 radical (unpaired) electrons. The summed E-state index contributed by atoms with van der Waals surface area (Å²) in [6.07, 6.45) is 1.18. The third kappa shape index (κ3) is 5.42. The molecule has 2 amide bonds. The predicted octanol–water partition coefficient (Wildman–Crippen LogP) is 1.56. The Bertz CT molecular complexity index is 638. The topological polar surface area (TPSA) is 84.5 Å². The van der Waals surface area contributed by atoms with Crippen LogP contribution in [0.25, 0.3) is 0 Å². The van der Waals surface area contributed by atoms with Crippen LogP contribution in [0.15, 0.2) is 18.2 Å². The second-order valence-corrected chi connectivity index (χ2v) is 8.15. The number of rotatable bonds is 6. The Hall–Kier alpha value is -1.76. The van der Waals surface area contributed by atoms with E-state index in [0.29, 0.717) is 26.0 Å². The van der Waals surface area contributed by atoms with Gasteiger partial charge in [-0.3, -0.25) is 0 Å². The molecule has 0 aromatic heterocycles. The van der Waals surface area contributed by atoms with Gasteiger partial charge in [-0.15, -0.1) is 0 Å². The highest BCUT2D eigenvalue weighted by atomic mass is 32.2. The van der Waals surface area contributed by atoms with Crippen LogP contribution >= 0.6 is 0 Å². The second kappa shape index (κ2) is 7.68. The van der Waals surface area contributed by atoms with E-state index < -0.39 is 9.84 Å². The van der Waals surface area contributed by atoms with Crippen LogP contribution in [0, 0.1) is 13.8 Å². The molecule has 1 aromatic carbocycles. The number of benzene rings is 1. The maximum absolute atomic E-state index is 11.7. The molecule has 6 nitrogen and oxygen atoms in total. The van der Waals surface area contributed by atoms with Crippen LogP contribution in [-0.2, 0) is 9.84 Å². The molecule has 1 aromatic rings. The van der Waals surface area contributed by atoms with Gasteiger partial charge in [-0.1, -0.05) is 18.2 Å². The Labute approximate surface area is 137 Å². The zero-order valence-corrected chi connectivity index (χ0v) is 14.4. The van der Waals surface area contributed by atoms with E-state index in [-0.39, 0.29) is 23.6 Å². The van der Waals surface area contributed by atoms with Crippen molar-refractivity contribution in [1.29, 1.82) is 0 Å². The van der Waals surface area contributed by atoms with E-state index in [1.807, 2.05) is 32.0 Å². The van der Waals surface area contributed by atoms with Gasteiger partial charge in [0.15, 0.2) is 9.84 Å². The van der Waals surface area contributed by atoms with Crippen LogP contribution in [0.5, 0.6) is 5.75 Å². The smallest absolute Gasteiger partial charge is 0.315 e. The first-order valence-electron chi connectivity index (χ1n) is 7.81. The molecule has 1 heterocycles. The highest BCUT2D eigenvalue weighted by Gasteiger charge is 2.28. The first-order chi connectivity index (χ1) is 10.9. The van der Waals surface area contributed by atoms with Crippen LogP contribution in [0.2, 0.25) is 0 Å². The molecule has 1 atom stereocenters. The van der Waals surface area contributed by atoms with Crippen molar-refractivity contribution in [3.63, 3.8) is 0 Å². The SMILES string of the molecule is Cc1cccc(C)c1OCCCNC(=O)NC1CCS(=O)(=O)C1. The quantitative estimate of drug-likeness (QED) is 0.770. The van der Waals surface area contributed by atoms with Gasteiger partial charge in [-0.25, -0.2) is 13.2 Å². The maximum atomic E-state index is 11.7. The van der Waals surface area contributed by atoms with Crippen molar-refractivity contribution in [3.05, 3.63) is 29.3 Å². The molecule has 1 aliphatic rings. The number of aryl methyl sites for hydroxylation is 2. The average molecular weight is 340 g/mol. The van der Waals surface area contributed by atoms with Gasteiger partial charge >= 0.3 is 6.03 Å². The summed E-state index contributed by atoms with van der Waals surface area (Å²) in [5, 5.41) is 5.42. The number of hydrogen-bond donors (Lipinski definition) is 2. The first kappa shape index (κ1) is 17.6. The van der Waals surface area contributed by atoms with Crippen LogP contribution in [-0.4, -0.2) is 45.1 Å². The molecule has 7 heteroatoms. The summed E-state index contributed by atoms with van der Waals surface area (Å²) in [4.78, 5) is 11.7. The fraction of sp³-hybridized carbons (Fsp3) is 0.562. The van der Waals surface area contributed by atoms with Crippen molar-refractivity contribution in [3.8, 4) is 5.75 Å². The van der Waals surface area contributed by atoms with Crippen LogP contribution in [0.4, 0.5) is 4.79 Å². The van der Waals surface area contributed by atoms with E-state index in [0.717, 1.165) is 16.9 Å². The fourth-order valence-electron chi connectivity index (χ4n) is 2.62. The van der Waals surface area contributed by atoms with Gasteiger partial charge in [0.1, 0.15) is 5.75 Å². The molecule has 2 rings (SSSR count). The number of urea groups is 1. The number of amides is 2. The van der Waals surface area contributed by atoms with Crippen LogP contribution in [0.3, 0.4) is 0 Å². The van der Waals surface area contributed by atoms with Crippen LogP contribution in [0.1, 0.15) is 24.0 Å². The van der Waals surface area contributed by atoms with E-state index >= 15 is 0 Å². The number of carbonyl (C=O) groups is 1. The van der Waals surface area contributed by atoms with Crippen molar-refractivity contribution in [2.45, 2.75) is 32.7 Å². The Balaban J connectivity index is 1.63. The van der Waals surface area contributed by atoms with Crippen molar-refractivity contribution >= 4 is 15.9 Å². The molecular weight excluding hydrogens is 316 g/mol. The molecule has 2 N–H and O–H groups in total. The Morgan fingerprint density at radius 1 is 1.30 bits per heavy atom. The molecule has 1 fully saturated rings. The summed E-state index contributed by atoms with van der Waals surface area (Å²) in [5.41, 5.74) is 2.19. The van der Waals surface area contributed by atoms with Gasteiger partial charge in [0, 0.05) is 12.6 Å². The molecule has 128 valence electrons. The van der Waals surface area contributed by atoms with Crippen LogP contribution < -0.4 is 15.4 Å². The number of para-hydroxylation sites is 1. The zero-order valence-electron chi connectivity index (χ0n) is 13.6. The van der Waals surface area contributed by atoms with Crippen molar-refractivity contribution in [2.24, 2.45) is 0 Å². The third-order valence-corrected chi connectivity index (χ3v) is 5.60. The number of nitrogens with one attached hydrogen (secondary N) is 2. The molecule has 1 saturated heterocycles. The summed E-state index contributed by atoms with van der Waals surface area (Å²) in [6, 6.07) is 5.41. The minimum atomic E-state index is -2.97. The Morgan fingerprint density at radius 2 is 2.00 bits per heavy atom. The summed E-state index contributed by atoms with van der Waals surface area (Å²) >= 11 is 0. The van der Waals surface area contributed by atoms with E-state index in [1.54, 1.807) is 0 Å². The maximum Gasteiger partial charge on any atom is 0.315 e. The molecule has 0 aliphatic carbocycles. The summed E-state index contributed by atoms with van der Waals surface area (Å²) in [6.45, 7) is 5.01. The zero-order chi connectivity index (χ0) is 16.9. The van der Waals surface area contributed by atoms with Gasteiger partial charge in [0.05, 0.1) is 18.1 Å². The van der Waals surface area contributed by atoms with Crippen molar-refractivity contribution < 1.29 is 17.9 Å². The van der Waals surface area contributed by atoms with Crippen molar-refractivity contribution in [2.75, 3.05) is 24.7 Å². The lowest BCUT2D eigenvalue weighted by Gasteiger charge is -2.13. The second-order valence-electron chi connectivity index (χ2n) is 5.92. The lowest BCUT2D eigenvalue weighted by Crippen LogP contribution is -2.43. The molecule has 1 aliphatic heterocycles. The van der Waals surface area contributed by atoms with Crippen molar-refractivity contribution in [1.82, 2.24) is 10.6 Å². The number of hydrogen-bond acceptors (Lipinski definition) is 4. The summed E-state index contributed by atoms with van der Waals surface area (Å²) in [7, 11) is -2.97.